The summed E-state index contributed by atoms with van der Waals surface area (Å²) in [5.41, 5.74) is 14.0. The van der Waals surface area contributed by atoms with E-state index in [0.29, 0.717) is 0 Å². The van der Waals surface area contributed by atoms with Gasteiger partial charge in [0.05, 0.1) is 5.00 Å². The van der Waals surface area contributed by atoms with Crippen LogP contribution in [-0.2, 0) is 11.2 Å². The molecular formula is C14H18N2OS. The van der Waals surface area contributed by atoms with Crippen LogP contribution < -0.4 is 11.5 Å². The highest BCUT2D eigenvalue weighted by molar-refractivity contribution is 7.16. The van der Waals surface area contributed by atoms with E-state index in [1.807, 2.05) is 6.07 Å². The number of nitrogens with two attached hydrogens (primary N) is 2. The molecule has 18 heavy (non-hydrogen) atoms. The number of carbonyl (C=O) groups is 1. The topological polar surface area (TPSA) is 69.1 Å². The average Bonchev–Trinajstić information content (AvgIpc) is 2.59. The summed E-state index contributed by atoms with van der Waals surface area (Å²) in [6, 6.07) is 10.5. The maximum atomic E-state index is 8.58. The van der Waals surface area contributed by atoms with E-state index < -0.39 is 0 Å². The molecule has 0 spiro atoms. The van der Waals surface area contributed by atoms with Crippen LogP contribution in [0.25, 0.3) is 0 Å². The first-order valence-corrected chi connectivity index (χ1v) is 6.45. The van der Waals surface area contributed by atoms with Crippen LogP contribution >= 0.6 is 11.3 Å². The standard InChI is InChI=1S/C13H15NS.CH3NO/c1-9-10(2)13(14)15-12(9)8-11-6-4-3-5-7-11;2-1-3/h3-7H,8,14H2,1-2H3;1H,(H2,2,3). The van der Waals surface area contributed by atoms with Crippen LogP contribution in [0, 0.1) is 13.8 Å². The summed E-state index contributed by atoms with van der Waals surface area (Å²) in [5.74, 6) is 0. The van der Waals surface area contributed by atoms with Crippen molar-refractivity contribution in [2.75, 3.05) is 5.73 Å². The highest BCUT2D eigenvalue weighted by Gasteiger charge is 2.09. The Morgan fingerprint density at radius 1 is 1.17 bits per heavy atom. The van der Waals surface area contributed by atoms with Gasteiger partial charge in [0.2, 0.25) is 6.41 Å². The molecular weight excluding hydrogens is 244 g/mol. The Kier molecular flexibility index (Phi) is 5.39. The molecule has 2 rings (SSSR count). The van der Waals surface area contributed by atoms with Crippen LogP contribution in [0.4, 0.5) is 5.00 Å². The third kappa shape index (κ3) is 3.60. The highest BCUT2D eigenvalue weighted by atomic mass is 32.1. The molecule has 4 heteroatoms. The van der Waals surface area contributed by atoms with Gasteiger partial charge in [0, 0.05) is 11.3 Å². The van der Waals surface area contributed by atoms with Crippen LogP contribution in [0.5, 0.6) is 0 Å². The number of benzene rings is 1. The van der Waals surface area contributed by atoms with Crippen molar-refractivity contribution in [2.45, 2.75) is 20.3 Å². The van der Waals surface area contributed by atoms with E-state index >= 15 is 0 Å². The lowest BCUT2D eigenvalue weighted by molar-refractivity contribution is -0.106. The Balaban J connectivity index is 0.000000492. The maximum absolute atomic E-state index is 8.58. The summed E-state index contributed by atoms with van der Waals surface area (Å²) in [6.45, 7) is 4.25. The van der Waals surface area contributed by atoms with Gasteiger partial charge in [0.15, 0.2) is 0 Å². The summed E-state index contributed by atoms with van der Waals surface area (Å²) in [5, 5.41) is 0.957. The minimum atomic E-state index is 0.250. The normalized spacial score (nSPS) is 9.44. The van der Waals surface area contributed by atoms with E-state index in [2.05, 4.69) is 43.8 Å². The van der Waals surface area contributed by atoms with Crippen LogP contribution in [0.1, 0.15) is 21.6 Å². The van der Waals surface area contributed by atoms with Crippen molar-refractivity contribution in [1.82, 2.24) is 0 Å². The maximum Gasteiger partial charge on any atom is 0.204 e. The van der Waals surface area contributed by atoms with Gasteiger partial charge in [-0.15, -0.1) is 11.3 Å². The lowest BCUT2D eigenvalue weighted by Crippen LogP contribution is -1.87. The van der Waals surface area contributed by atoms with Crippen LogP contribution in [0.2, 0.25) is 0 Å². The number of primary amides is 1. The van der Waals surface area contributed by atoms with Gasteiger partial charge in [0.25, 0.3) is 0 Å². The lowest BCUT2D eigenvalue weighted by Gasteiger charge is -2.00. The van der Waals surface area contributed by atoms with Gasteiger partial charge in [-0.1, -0.05) is 30.3 Å². The number of amides is 1. The molecule has 4 N–H and O–H groups in total. The van der Waals surface area contributed by atoms with Gasteiger partial charge < -0.3 is 11.5 Å². The molecule has 0 saturated carbocycles. The van der Waals surface area contributed by atoms with Crippen molar-refractivity contribution in [3.05, 3.63) is 51.9 Å². The van der Waals surface area contributed by atoms with Crippen molar-refractivity contribution in [1.29, 1.82) is 0 Å². The molecule has 0 fully saturated rings. The quantitative estimate of drug-likeness (QED) is 0.817. The minimum absolute atomic E-state index is 0.250. The second-order valence-electron chi connectivity index (χ2n) is 3.94. The molecule has 0 radical (unpaired) electrons. The summed E-state index contributed by atoms with van der Waals surface area (Å²) in [6.07, 6.45) is 1.25. The number of hydrogen-bond donors (Lipinski definition) is 2. The minimum Gasteiger partial charge on any atom is -0.390 e. The fraction of sp³-hybridized carbons (Fsp3) is 0.214. The van der Waals surface area contributed by atoms with E-state index in [9.17, 15) is 0 Å². The van der Waals surface area contributed by atoms with E-state index in [1.54, 1.807) is 11.3 Å². The SMILES string of the molecule is Cc1c(N)sc(Cc2ccccc2)c1C.NC=O. The molecule has 2 aromatic rings. The average molecular weight is 262 g/mol. The molecule has 0 atom stereocenters. The molecule has 0 aliphatic heterocycles. The number of hydrogen-bond acceptors (Lipinski definition) is 3. The number of thiophene rings is 1. The van der Waals surface area contributed by atoms with Crippen molar-refractivity contribution < 1.29 is 4.79 Å². The summed E-state index contributed by atoms with van der Waals surface area (Å²) in [7, 11) is 0. The third-order valence-electron chi connectivity index (χ3n) is 2.79. The molecule has 1 aromatic heterocycles. The largest absolute Gasteiger partial charge is 0.390 e. The molecule has 3 nitrogen and oxygen atoms in total. The predicted octanol–water partition coefficient (Wildman–Crippen LogP) is 2.64. The molecule has 0 bridgehead atoms. The number of carbonyl (C=O) groups excluding carboxylic acids is 1. The van der Waals surface area contributed by atoms with Gasteiger partial charge in [-0.3, -0.25) is 4.79 Å². The zero-order valence-corrected chi connectivity index (χ0v) is 11.5. The van der Waals surface area contributed by atoms with E-state index in [0.717, 1.165) is 11.4 Å². The molecule has 1 amide bonds. The predicted molar refractivity (Wildman–Crippen MR) is 77.7 cm³/mol. The Morgan fingerprint density at radius 2 is 1.72 bits per heavy atom. The summed E-state index contributed by atoms with van der Waals surface area (Å²) < 4.78 is 0. The van der Waals surface area contributed by atoms with Crippen molar-refractivity contribution >= 4 is 22.7 Å². The van der Waals surface area contributed by atoms with Gasteiger partial charge in [-0.25, -0.2) is 0 Å². The van der Waals surface area contributed by atoms with Crippen LogP contribution in [-0.4, -0.2) is 6.41 Å². The monoisotopic (exact) mass is 262 g/mol. The zero-order valence-electron chi connectivity index (χ0n) is 10.6. The molecule has 1 heterocycles. The molecule has 0 aliphatic carbocycles. The van der Waals surface area contributed by atoms with Gasteiger partial charge in [-0.2, -0.15) is 0 Å². The van der Waals surface area contributed by atoms with Gasteiger partial charge >= 0.3 is 0 Å². The van der Waals surface area contributed by atoms with E-state index in [1.165, 1.54) is 21.6 Å². The van der Waals surface area contributed by atoms with Gasteiger partial charge in [-0.05, 0) is 30.5 Å². The Morgan fingerprint density at radius 3 is 2.17 bits per heavy atom. The number of nitrogen functional groups attached to an aromatic ring is 1. The first-order valence-electron chi connectivity index (χ1n) is 5.63. The second kappa shape index (κ2) is 6.81. The van der Waals surface area contributed by atoms with Crippen molar-refractivity contribution in [3.8, 4) is 0 Å². The van der Waals surface area contributed by atoms with Crippen LogP contribution in [0.15, 0.2) is 30.3 Å². The summed E-state index contributed by atoms with van der Waals surface area (Å²) in [4.78, 5) is 9.97. The first kappa shape index (κ1) is 14.3. The lowest BCUT2D eigenvalue weighted by atomic mass is 10.1. The molecule has 96 valence electrons. The molecule has 0 unspecified atom stereocenters. The summed E-state index contributed by atoms with van der Waals surface area (Å²) >= 11 is 1.71. The third-order valence-corrected chi connectivity index (χ3v) is 4.01. The fourth-order valence-corrected chi connectivity index (χ4v) is 2.75. The molecule has 0 aliphatic rings. The van der Waals surface area contributed by atoms with Crippen molar-refractivity contribution in [2.24, 2.45) is 5.73 Å². The Hall–Kier alpha value is -1.81. The number of anilines is 1. The Labute approximate surface area is 111 Å². The fourth-order valence-electron chi connectivity index (χ4n) is 1.63. The molecule has 0 saturated heterocycles. The smallest absolute Gasteiger partial charge is 0.204 e. The van der Waals surface area contributed by atoms with Crippen LogP contribution in [0.3, 0.4) is 0 Å². The van der Waals surface area contributed by atoms with E-state index in [-0.39, 0.29) is 6.41 Å². The first-order chi connectivity index (χ1) is 8.60. The highest BCUT2D eigenvalue weighted by Crippen LogP contribution is 2.31. The van der Waals surface area contributed by atoms with E-state index in [4.69, 9.17) is 10.5 Å². The number of rotatable bonds is 2. The van der Waals surface area contributed by atoms with Gasteiger partial charge in [0.1, 0.15) is 0 Å². The Bertz CT molecular complexity index is 506. The van der Waals surface area contributed by atoms with Crippen molar-refractivity contribution in [3.63, 3.8) is 0 Å². The second-order valence-corrected chi connectivity index (χ2v) is 5.07. The molecule has 1 aromatic carbocycles. The zero-order chi connectivity index (χ0) is 13.5.